The maximum absolute atomic E-state index is 15.9. The molecule has 3 aliphatic heterocycles. The number of piperidine rings is 1. The van der Waals surface area contributed by atoms with Crippen molar-refractivity contribution in [3.05, 3.63) is 34.3 Å². The largest absolute Gasteiger partial charge is 0.417 e. The SMILES string of the molecule is CC(C)CCOC[C@@H]1NC(=O)[C@H](CC(C)C)N(C)C(=O)C[C@@H](C(=O)N2CCCCC2)N(C)C(=O)[C@H](C2CCCCC2)N(C)C(=O)C2(CCCC2)NC(=O)C2CCCN2C(=O)[C@H](CCc2ccc(C(F)(F)F)c(Cl)c2)NC(=O)CN(C)C(=O)[C@H](CC2CCCCC2)N(C)C(=O)CN(C)C(=O)CN(C)C1=O. The number of hydrogen-bond acceptors (Lipinski definition) is 13. The molecule has 0 radical (unpaired) electrons. The molecule has 1 spiro atoms. The second-order valence-electron chi connectivity index (χ2n) is 31.1. The van der Waals surface area contributed by atoms with Crippen LogP contribution in [0.5, 0.6) is 0 Å². The van der Waals surface area contributed by atoms with Gasteiger partial charge in [-0.05, 0) is 131 Å². The van der Waals surface area contributed by atoms with Gasteiger partial charge in [0, 0.05) is 75.6 Å². The van der Waals surface area contributed by atoms with Crippen LogP contribution in [0.15, 0.2) is 18.2 Å². The number of nitrogens with zero attached hydrogens (tertiary/aromatic N) is 9. The standard InChI is InChI=1S/C75H116ClF3N12O13/c1-48(2)33-39-104-47-56-68(98)85(7)45-63(94)83(5)46-64(95)87(9)59(42-50-24-15-12-16-25-50)70(100)84(6)44-61(92)80-55(32-30-51-29-31-53(54(76)41-51)75(77,78)79)69(99)91-38-23-28-57(91)67(97)82-74(34-19-20-35-74)73(103)89(11)65(52-26-17-13-18-27-52)72(102)88(10)60(71(101)90-36-21-14-22-37-90)43-62(93)86(8)58(40-49(3)4)66(96)81-56/h29,31,41,48-50,52,55-60,65H,12-28,30,32-40,42-47H2,1-11H3,(H,80,92)(H,81,96)(H,82,97)/t55-,56-,57?,58-,59-,60-,65-/m0/s1. The number of carbonyl (C=O) groups excluding carboxylic acids is 12. The van der Waals surface area contributed by atoms with Crippen LogP contribution in [0.3, 0.4) is 0 Å². The van der Waals surface area contributed by atoms with Gasteiger partial charge < -0.3 is 64.8 Å². The maximum Gasteiger partial charge on any atom is 0.417 e. The number of halogens is 4. The molecule has 1 aromatic carbocycles. The Hall–Kier alpha value is -7.10. The molecule has 25 nitrogen and oxygen atoms in total. The normalized spacial score (nSPS) is 26.1. The molecule has 6 aliphatic rings. The van der Waals surface area contributed by atoms with E-state index in [1.165, 1.54) is 79.9 Å². The van der Waals surface area contributed by atoms with Crippen molar-refractivity contribution in [2.45, 2.75) is 242 Å². The highest BCUT2D eigenvalue weighted by Gasteiger charge is 2.51. The third kappa shape index (κ3) is 22.3. The molecular formula is C75H116ClF3N12O13. The Morgan fingerprint density at radius 2 is 1.21 bits per heavy atom. The van der Waals surface area contributed by atoms with Crippen molar-refractivity contribution in [1.29, 1.82) is 0 Å². The molecule has 6 fully saturated rings. The minimum absolute atomic E-state index is 0.00952. The average molecular weight is 1490 g/mol. The lowest BCUT2D eigenvalue weighted by molar-refractivity contribution is -0.157. The number of rotatable bonds is 14. The van der Waals surface area contributed by atoms with Gasteiger partial charge in [-0.15, -0.1) is 0 Å². The number of ether oxygens (including phenoxy) is 1. The van der Waals surface area contributed by atoms with Crippen LogP contribution in [-0.4, -0.2) is 265 Å². The average Bonchev–Trinajstić information content (AvgIpc) is 1.56. The lowest BCUT2D eigenvalue weighted by atomic mass is 9.81. The first-order valence-corrected chi connectivity index (χ1v) is 38.3. The Kier molecular flexibility index (Phi) is 31.1. The molecule has 3 saturated heterocycles. The van der Waals surface area contributed by atoms with Crippen molar-refractivity contribution in [2.24, 2.45) is 23.7 Å². The number of alkyl halides is 3. The van der Waals surface area contributed by atoms with Gasteiger partial charge in [-0.25, -0.2) is 0 Å². The molecule has 3 saturated carbocycles. The van der Waals surface area contributed by atoms with Gasteiger partial charge in [0.05, 0.1) is 43.2 Å². The fraction of sp³-hybridized carbons (Fsp3) is 0.760. The van der Waals surface area contributed by atoms with E-state index in [1.54, 1.807) is 4.90 Å². The first-order chi connectivity index (χ1) is 49.1. The fourth-order valence-electron chi connectivity index (χ4n) is 15.9. The fourth-order valence-corrected chi connectivity index (χ4v) is 16.2. The maximum atomic E-state index is 15.9. The minimum Gasteiger partial charge on any atom is -0.379 e. The second kappa shape index (κ2) is 38.4. The first-order valence-electron chi connectivity index (χ1n) is 37.9. The highest BCUT2D eigenvalue weighted by molar-refractivity contribution is 6.31. The van der Waals surface area contributed by atoms with Gasteiger partial charge in [0.1, 0.15) is 47.8 Å². The number of nitrogens with one attached hydrogen (secondary N) is 3. The van der Waals surface area contributed by atoms with E-state index < -0.39 is 167 Å². The van der Waals surface area contributed by atoms with E-state index in [1.807, 2.05) is 27.7 Å². The first kappa shape index (κ1) is 84.2. The van der Waals surface area contributed by atoms with Crippen LogP contribution >= 0.6 is 11.6 Å². The zero-order chi connectivity index (χ0) is 76.5. The third-order valence-corrected chi connectivity index (χ3v) is 22.6. The summed E-state index contributed by atoms with van der Waals surface area (Å²) in [6.07, 6.45) is 7.12. The Bertz CT molecular complexity index is 3190. The highest BCUT2D eigenvalue weighted by atomic mass is 35.5. The zero-order valence-electron chi connectivity index (χ0n) is 63.3. The second-order valence-corrected chi connectivity index (χ2v) is 31.5. The number of likely N-dealkylation sites (tertiary alicyclic amines) is 1. The molecule has 3 aliphatic carbocycles. The van der Waals surface area contributed by atoms with E-state index in [0.29, 0.717) is 70.0 Å². The number of likely N-dealkylation sites (N-methyl/N-ethyl adjacent to an activating group) is 7. The molecule has 3 N–H and O–H groups in total. The quantitative estimate of drug-likeness (QED) is 0.169. The molecule has 1 aromatic rings. The summed E-state index contributed by atoms with van der Waals surface area (Å²) in [5.41, 5.74) is -2.35. The Balaban J connectivity index is 1.29. The molecule has 12 amide bonds. The van der Waals surface area contributed by atoms with Gasteiger partial charge in [-0.3, -0.25) is 57.5 Å². The molecule has 104 heavy (non-hydrogen) atoms. The lowest BCUT2D eigenvalue weighted by Gasteiger charge is -2.43. The van der Waals surface area contributed by atoms with E-state index >= 15 is 28.8 Å². The number of amides is 12. The monoisotopic (exact) mass is 1480 g/mol. The van der Waals surface area contributed by atoms with E-state index in [0.717, 1.165) is 84.6 Å². The summed E-state index contributed by atoms with van der Waals surface area (Å²) in [5, 5.41) is 8.11. The van der Waals surface area contributed by atoms with Crippen molar-refractivity contribution < 1.29 is 75.4 Å². The molecular weight excluding hydrogens is 1370 g/mol. The number of benzene rings is 1. The van der Waals surface area contributed by atoms with Crippen LogP contribution < -0.4 is 16.0 Å². The molecule has 3 heterocycles. The Morgan fingerprint density at radius 3 is 1.83 bits per heavy atom. The van der Waals surface area contributed by atoms with Crippen LogP contribution in [-0.2, 0) is 74.9 Å². The molecule has 29 heteroatoms. The van der Waals surface area contributed by atoms with Gasteiger partial charge in [-0.1, -0.05) is 110 Å². The summed E-state index contributed by atoms with van der Waals surface area (Å²) in [5.74, 6) is -8.30. The molecule has 582 valence electrons. The molecule has 0 aromatic heterocycles. The molecule has 7 rings (SSSR count). The predicted octanol–water partition coefficient (Wildman–Crippen LogP) is 6.44. The summed E-state index contributed by atoms with van der Waals surface area (Å²) < 4.78 is 47.7. The number of fused-ring (bicyclic) bond motifs is 1. The van der Waals surface area contributed by atoms with E-state index in [4.69, 9.17) is 16.3 Å². The van der Waals surface area contributed by atoms with Crippen LogP contribution in [0.2, 0.25) is 5.02 Å². The number of hydrogen-bond donors (Lipinski definition) is 3. The van der Waals surface area contributed by atoms with Crippen molar-refractivity contribution >= 4 is 82.5 Å². The Labute approximate surface area is 617 Å². The zero-order valence-corrected chi connectivity index (χ0v) is 64.0. The topological polar surface area (TPSA) is 279 Å². The molecule has 7 atom stereocenters. The van der Waals surface area contributed by atoms with E-state index in [2.05, 4.69) is 16.0 Å². The van der Waals surface area contributed by atoms with Crippen molar-refractivity contribution in [2.75, 3.05) is 102 Å². The summed E-state index contributed by atoms with van der Waals surface area (Å²) in [4.78, 5) is 192. The number of carbonyl (C=O) groups is 12. The van der Waals surface area contributed by atoms with Gasteiger partial charge >= 0.3 is 6.18 Å². The predicted molar refractivity (Wildman–Crippen MR) is 384 cm³/mol. The van der Waals surface area contributed by atoms with Crippen molar-refractivity contribution in [3.63, 3.8) is 0 Å². The smallest absolute Gasteiger partial charge is 0.379 e. The van der Waals surface area contributed by atoms with Gasteiger partial charge in [-0.2, -0.15) is 13.2 Å². The van der Waals surface area contributed by atoms with Crippen LogP contribution in [0.4, 0.5) is 13.2 Å². The molecule has 1 unspecified atom stereocenters. The number of aryl methyl sites for hydroxylation is 1. The minimum atomic E-state index is -4.76. The highest BCUT2D eigenvalue weighted by Crippen LogP contribution is 2.39. The third-order valence-electron chi connectivity index (χ3n) is 22.3. The van der Waals surface area contributed by atoms with Crippen LogP contribution in [0, 0.1) is 23.7 Å². The van der Waals surface area contributed by atoms with E-state index in [9.17, 15) is 41.9 Å². The molecule has 0 bridgehead atoms. The van der Waals surface area contributed by atoms with Crippen LogP contribution in [0.1, 0.15) is 193 Å². The van der Waals surface area contributed by atoms with E-state index in [-0.39, 0.29) is 82.5 Å². The van der Waals surface area contributed by atoms with Gasteiger partial charge in [0.2, 0.25) is 70.9 Å². The summed E-state index contributed by atoms with van der Waals surface area (Å²) in [7, 11) is 9.94. The summed E-state index contributed by atoms with van der Waals surface area (Å²) in [6.45, 7) is 6.63. The van der Waals surface area contributed by atoms with Gasteiger partial charge in [0.15, 0.2) is 0 Å². The van der Waals surface area contributed by atoms with Crippen molar-refractivity contribution in [1.82, 2.24) is 60.0 Å². The van der Waals surface area contributed by atoms with Crippen molar-refractivity contribution in [3.8, 4) is 0 Å². The summed E-state index contributed by atoms with van der Waals surface area (Å²) in [6, 6.07) is -5.82. The lowest BCUT2D eigenvalue weighted by Crippen LogP contribution is -2.65. The Morgan fingerprint density at radius 1 is 0.606 bits per heavy atom. The summed E-state index contributed by atoms with van der Waals surface area (Å²) >= 11 is 6.17. The van der Waals surface area contributed by atoms with Crippen LogP contribution in [0.25, 0.3) is 0 Å². The van der Waals surface area contributed by atoms with Gasteiger partial charge in [0.25, 0.3) is 0 Å².